The Hall–Kier alpha value is -0.690. The summed E-state index contributed by atoms with van der Waals surface area (Å²) in [5.41, 5.74) is 0.975. The van der Waals surface area contributed by atoms with Gasteiger partial charge in [0.05, 0.1) is 11.3 Å². The second kappa shape index (κ2) is 7.25. The van der Waals surface area contributed by atoms with Crippen LogP contribution in [0.4, 0.5) is 4.39 Å². The van der Waals surface area contributed by atoms with E-state index >= 15 is 0 Å². The fraction of sp³-hybridized carbons (Fsp3) is 0.600. The van der Waals surface area contributed by atoms with Crippen LogP contribution < -0.4 is 4.72 Å². The summed E-state index contributed by atoms with van der Waals surface area (Å²) >= 11 is 5.86. The number of halogens is 2. The number of benzene rings is 1. The maximum absolute atomic E-state index is 13.3. The molecule has 124 valence electrons. The Labute approximate surface area is 136 Å². The Morgan fingerprint density at radius 3 is 2.86 bits per heavy atom. The molecule has 2 rings (SSSR count). The van der Waals surface area contributed by atoms with Gasteiger partial charge in [0.25, 0.3) is 0 Å². The number of piperidine rings is 1. The molecule has 1 heterocycles. The van der Waals surface area contributed by atoms with Gasteiger partial charge >= 0.3 is 0 Å². The molecule has 1 aromatic carbocycles. The summed E-state index contributed by atoms with van der Waals surface area (Å²) in [5.74, 6) is -0.117. The molecule has 0 amide bonds. The van der Waals surface area contributed by atoms with Crippen LogP contribution in [0, 0.1) is 11.7 Å². The molecule has 2 atom stereocenters. The van der Waals surface area contributed by atoms with Crippen molar-refractivity contribution in [3.63, 3.8) is 0 Å². The molecule has 0 spiro atoms. The molecule has 7 heteroatoms. The van der Waals surface area contributed by atoms with Crippen LogP contribution in [0.5, 0.6) is 0 Å². The van der Waals surface area contributed by atoms with Gasteiger partial charge in [-0.15, -0.1) is 0 Å². The van der Waals surface area contributed by atoms with E-state index in [2.05, 4.69) is 16.5 Å². The largest absolute Gasteiger partial charge is 0.296 e. The van der Waals surface area contributed by atoms with Crippen LogP contribution in [0.3, 0.4) is 0 Å². The molecule has 1 aliphatic heterocycles. The topological polar surface area (TPSA) is 49.4 Å². The van der Waals surface area contributed by atoms with E-state index in [1.165, 1.54) is 12.3 Å². The molecule has 0 bridgehead atoms. The first-order valence-electron chi connectivity index (χ1n) is 7.40. The monoisotopic (exact) mass is 348 g/mol. The van der Waals surface area contributed by atoms with Crippen molar-refractivity contribution in [2.45, 2.75) is 25.8 Å². The third kappa shape index (κ3) is 4.91. The van der Waals surface area contributed by atoms with Gasteiger partial charge < -0.3 is 0 Å². The van der Waals surface area contributed by atoms with Crippen molar-refractivity contribution in [3.05, 3.63) is 34.6 Å². The van der Waals surface area contributed by atoms with E-state index in [9.17, 15) is 12.8 Å². The Balaban J connectivity index is 2.00. The second-order valence-corrected chi connectivity index (χ2v) is 8.21. The molecule has 0 aliphatic carbocycles. The van der Waals surface area contributed by atoms with Crippen molar-refractivity contribution in [1.29, 1.82) is 0 Å². The highest BCUT2D eigenvalue weighted by atomic mass is 35.5. The number of hydrogen-bond acceptors (Lipinski definition) is 3. The average Bonchev–Trinajstić information content (AvgIpc) is 2.47. The van der Waals surface area contributed by atoms with Crippen LogP contribution in [-0.2, 0) is 10.0 Å². The molecule has 1 N–H and O–H groups in total. The van der Waals surface area contributed by atoms with Gasteiger partial charge in [-0.25, -0.2) is 17.5 Å². The van der Waals surface area contributed by atoms with Crippen LogP contribution in [0.2, 0.25) is 5.02 Å². The molecule has 1 aliphatic rings. The third-order valence-corrected chi connectivity index (χ3v) is 5.14. The second-order valence-electron chi connectivity index (χ2n) is 5.97. The molecule has 0 aromatic heterocycles. The Kier molecular flexibility index (Phi) is 5.82. The van der Waals surface area contributed by atoms with E-state index in [1.807, 2.05) is 0 Å². The lowest BCUT2D eigenvalue weighted by Gasteiger charge is -2.37. The standard InChI is InChI=1S/C15H22ClFN2O2S/c1-11(13-5-6-15(17)14(16)8-13)19-7-3-4-12(10-19)9-18-22(2,20)21/h5-6,8,11-12,18H,3-4,7,9-10H2,1-2H3. The summed E-state index contributed by atoms with van der Waals surface area (Å²) in [4.78, 5) is 2.29. The smallest absolute Gasteiger partial charge is 0.208 e. The summed E-state index contributed by atoms with van der Waals surface area (Å²) < 4.78 is 38.3. The van der Waals surface area contributed by atoms with Gasteiger partial charge in [0.2, 0.25) is 10.0 Å². The van der Waals surface area contributed by atoms with Gasteiger partial charge in [-0.3, -0.25) is 4.90 Å². The normalized spacial score (nSPS) is 21.7. The van der Waals surface area contributed by atoms with E-state index in [0.29, 0.717) is 12.5 Å². The molecule has 0 saturated carbocycles. The summed E-state index contributed by atoms with van der Waals surface area (Å²) in [7, 11) is -3.15. The highest BCUT2D eigenvalue weighted by molar-refractivity contribution is 7.88. The lowest BCUT2D eigenvalue weighted by molar-refractivity contribution is 0.133. The van der Waals surface area contributed by atoms with Crippen molar-refractivity contribution in [2.75, 3.05) is 25.9 Å². The SMILES string of the molecule is CC(c1ccc(F)c(Cl)c1)N1CCCC(CNS(C)(=O)=O)C1. The van der Waals surface area contributed by atoms with E-state index in [1.54, 1.807) is 12.1 Å². The lowest BCUT2D eigenvalue weighted by Crippen LogP contribution is -2.41. The molecular weight excluding hydrogens is 327 g/mol. The summed E-state index contributed by atoms with van der Waals surface area (Å²) in [6.45, 7) is 4.30. The summed E-state index contributed by atoms with van der Waals surface area (Å²) in [5, 5.41) is 0.136. The maximum atomic E-state index is 13.3. The Bertz CT molecular complexity index is 624. The fourth-order valence-corrected chi connectivity index (χ4v) is 3.60. The van der Waals surface area contributed by atoms with Crippen LogP contribution in [0.25, 0.3) is 0 Å². The fourth-order valence-electron chi connectivity index (χ4n) is 2.87. The van der Waals surface area contributed by atoms with E-state index in [0.717, 1.165) is 31.5 Å². The average molecular weight is 349 g/mol. The highest BCUT2D eigenvalue weighted by Gasteiger charge is 2.25. The Morgan fingerprint density at radius 2 is 2.23 bits per heavy atom. The molecule has 1 aromatic rings. The minimum Gasteiger partial charge on any atom is -0.296 e. The van der Waals surface area contributed by atoms with E-state index in [-0.39, 0.29) is 11.1 Å². The van der Waals surface area contributed by atoms with Crippen LogP contribution >= 0.6 is 11.6 Å². The van der Waals surface area contributed by atoms with Crippen molar-refractivity contribution >= 4 is 21.6 Å². The van der Waals surface area contributed by atoms with Crippen molar-refractivity contribution in [2.24, 2.45) is 5.92 Å². The van der Waals surface area contributed by atoms with Gasteiger partial charge in [-0.05, 0) is 49.9 Å². The molecule has 4 nitrogen and oxygen atoms in total. The van der Waals surface area contributed by atoms with Crippen LogP contribution in [0.15, 0.2) is 18.2 Å². The molecular formula is C15H22ClFN2O2S. The third-order valence-electron chi connectivity index (χ3n) is 4.16. The minimum atomic E-state index is -3.15. The first-order valence-corrected chi connectivity index (χ1v) is 9.67. The molecule has 0 radical (unpaired) electrons. The summed E-state index contributed by atoms with van der Waals surface area (Å²) in [6, 6.07) is 4.93. The predicted octanol–water partition coefficient (Wildman–Crippen LogP) is 2.80. The minimum absolute atomic E-state index is 0.124. The molecule has 1 saturated heterocycles. The van der Waals surface area contributed by atoms with Crippen LogP contribution in [0.1, 0.15) is 31.4 Å². The molecule has 2 unspecified atom stereocenters. The number of nitrogens with one attached hydrogen (secondary N) is 1. The van der Waals surface area contributed by atoms with Crippen molar-refractivity contribution < 1.29 is 12.8 Å². The first kappa shape index (κ1) is 17.7. The van der Waals surface area contributed by atoms with Gasteiger partial charge in [0.1, 0.15) is 5.82 Å². The molecule has 1 fully saturated rings. The maximum Gasteiger partial charge on any atom is 0.208 e. The zero-order valence-corrected chi connectivity index (χ0v) is 14.4. The quantitative estimate of drug-likeness (QED) is 0.890. The number of sulfonamides is 1. The lowest BCUT2D eigenvalue weighted by atomic mass is 9.95. The number of hydrogen-bond donors (Lipinski definition) is 1. The van der Waals surface area contributed by atoms with Gasteiger partial charge in [-0.2, -0.15) is 0 Å². The van der Waals surface area contributed by atoms with Crippen LogP contribution in [-0.4, -0.2) is 39.2 Å². The molecule has 22 heavy (non-hydrogen) atoms. The number of nitrogens with zero attached hydrogens (tertiary/aromatic N) is 1. The van der Waals surface area contributed by atoms with E-state index in [4.69, 9.17) is 11.6 Å². The van der Waals surface area contributed by atoms with Crippen molar-refractivity contribution in [1.82, 2.24) is 9.62 Å². The predicted molar refractivity (Wildman–Crippen MR) is 87.0 cm³/mol. The highest BCUT2D eigenvalue weighted by Crippen LogP contribution is 2.28. The first-order chi connectivity index (χ1) is 10.3. The van der Waals surface area contributed by atoms with Crippen molar-refractivity contribution in [3.8, 4) is 0 Å². The Morgan fingerprint density at radius 1 is 1.50 bits per heavy atom. The zero-order valence-electron chi connectivity index (χ0n) is 12.9. The number of likely N-dealkylation sites (tertiary alicyclic amines) is 1. The number of rotatable bonds is 5. The van der Waals surface area contributed by atoms with Gasteiger partial charge in [0, 0.05) is 19.1 Å². The summed E-state index contributed by atoms with van der Waals surface area (Å²) in [6.07, 6.45) is 3.21. The zero-order chi connectivity index (χ0) is 16.3. The van der Waals surface area contributed by atoms with E-state index < -0.39 is 15.8 Å². The van der Waals surface area contributed by atoms with Gasteiger partial charge in [0.15, 0.2) is 0 Å². The van der Waals surface area contributed by atoms with Gasteiger partial charge in [-0.1, -0.05) is 17.7 Å².